The number of nitrogens with zero attached hydrogens (tertiary/aromatic N) is 5. The molecule has 0 bridgehead atoms. The second-order valence-corrected chi connectivity index (χ2v) is 8.16. The zero-order valence-electron chi connectivity index (χ0n) is 16.2. The Labute approximate surface area is 158 Å². The highest BCUT2D eigenvalue weighted by Crippen LogP contribution is 2.27. The molecule has 27 heavy (non-hydrogen) atoms. The van der Waals surface area contributed by atoms with Gasteiger partial charge < -0.3 is 5.32 Å². The summed E-state index contributed by atoms with van der Waals surface area (Å²) in [6.07, 6.45) is 6.38. The van der Waals surface area contributed by atoms with Crippen LogP contribution in [0.5, 0.6) is 0 Å². The van der Waals surface area contributed by atoms with Crippen LogP contribution in [0.4, 0.5) is 5.82 Å². The van der Waals surface area contributed by atoms with Crippen LogP contribution in [0.1, 0.15) is 27.2 Å². The first kappa shape index (κ1) is 17.8. The Morgan fingerprint density at radius 3 is 2.67 bits per heavy atom. The van der Waals surface area contributed by atoms with Crippen molar-refractivity contribution in [1.82, 2.24) is 35.6 Å². The van der Waals surface area contributed by atoms with Gasteiger partial charge in [0.05, 0.1) is 11.6 Å². The molecule has 3 aromatic heterocycles. The monoisotopic (exact) mass is 366 g/mol. The number of fused-ring (bicyclic) bond motifs is 1. The molecule has 3 N–H and O–H groups in total. The van der Waals surface area contributed by atoms with Gasteiger partial charge in [-0.15, -0.1) is 0 Å². The lowest BCUT2D eigenvalue weighted by molar-refractivity contribution is 0.286. The molecule has 1 aliphatic rings. The van der Waals surface area contributed by atoms with E-state index in [9.17, 15) is 0 Å². The van der Waals surface area contributed by atoms with E-state index in [-0.39, 0.29) is 5.41 Å². The zero-order chi connectivity index (χ0) is 19.0. The normalized spacial score (nSPS) is 20.3. The van der Waals surface area contributed by atoms with Crippen molar-refractivity contribution >= 4 is 16.9 Å². The molecule has 4 heterocycles. The average molecular weight is 366 g/mol. The Hall–Kier alpha value is -2.58. The number of hydrazine groups is 1. The Morgan fingerprint density at radius 1 is 1.19 bits per heavy atom. The molecule has 1 fully saturated rings. The van der Waals surface area contributed by atoms with Crippen molar-refractivity contribution in [2.75, 3.05) is 11.9 Å². The molecule has 0 amide bonds. The average Bonchev–Trinajstić information content (AvgIpc) is 3.28. The fraction of sp³-hybridized carbons (Fsp3) is 0.474. The van der Waals surface area contributed by atoms with E-state index in [4.69, 9.17) is 4.98 Å². The predicted octanol–water partition coefficient (Wildman–Crippen LogP) is 2.12. The number of nitrogens with one attached hydrogen (secondary N) is 3. The maximum Gasteiger partial charge on any atom is 0.164 e. The largest absolute Gasteiger partial charge is 0.368 e. The summed E-state index contributed by atoms with van der Waals surface area (Å²) in [7, 11) is 1.89. The van der Waals surface area contributed by atoms with Crippen LogP contribution in [-0.2, 0) is 7.05 Å². The van der Waals surface area contributed by atoms with E-state index in [0.29, 0.717) is 17.9 Å². The van der Waals surface area contributed by atoms with Crippen molar-refractivity contribution in [2.24, 2.45) is 12.5 Å². The Morgan fingerprint density at radius 2 is 1.96 bits per heavy atom. The first-order chi connectivity index (χ1) is 12.9. The molecule has 1 aliphatic heterocycles. The van der Waals surface area contributed by atoms with Crippen molar-refractivity contribution in [3.05, 3.63) is 30.7 Å². The van der Waals surface area contributed by atoms with E-state index in [0.717, 1.165) is 35.4 Å². The van der Waals surface area contributed by atoms with Crippen molar-refractivity contribution in [3.8, 4) is 11.4 Å². The predicted molar refractivity (Wildman–Crippen MR) is 106 cm³/mol. The van der Waals surface area contributed by atoms with Gasteiger partial charge in [-0.2, -0.15) is 5.10 Å². The van der Waals surface area contributed by atoms with Crippen LogP contribution >= 0.6 is 0 Å². The molecule has 3 aromatic rings. The zero-order valence-corrected chi connectivity index (χ0v) is 16.2. The van der Waals surface area contributed by atoms with E-state index in [1.807, 2.05) is 25.4 Å². The lowest BCUT2D eigenvalue weighted by atomic mass is 9.85. The standard InChI is InChI=1S/C19H26N8/c1-19(2,3)15-9-13(25-26-15)10-21-17-14-11-22-27(4)18(14)24-16(23-17)12-5-7-20-8-6-12/h5-8,11,13,15,25-26H,9-10H2,1-4H3,(H,21,23,24). The maximum absolute atomic E-state index is 4.76. The minimum Gasteiger partial charge on any atom is -0.368 e. The fourth-order valence-corrected chi connectivity index (χ4v) is 3.33. The van der Waals surface area contributed by atoms with Crippen LogP contribution in [0.3, 0.4) is 0 Å². The summed E-state index contributed by atoms with van der Waals surface area (Å²) in [4.78, 5) is 13.5. The number of hydrogen-bond acceptors (Lipinski definition) is 7. The molecule has 0 radical (unpaired) electrons. The highest BCUT2D eigenvalue weighted by molar-refractivity contribution is 5.88. The third-order valence-corrected chi connectivity index (χ3v) is 5.07. The second kappa shape index (κ2) is 6.86. The number of hydrogen-bond donors (Lipinski definition) is 3. The number of anilines is 1. The summed E-state index contributed by atoms with van der Waals surface area (Å²) in [5.41, 5.74) is 8.78. The molecular formula is C19H26N8. The van der Waals surface area contributed by atoms with E-state index >= 15 is 0 Å². The van der Waals surface area contributed by atoms with Crippen molar-refractivity contribution in [1.29, 1.82) is 0 Å². The minimum absolute atomic E-state index is 0.224. The molecule has 4 rings (SSSR count). The van der Waals surface area contributed by atoms with Crippen molar-refractivity contribution in [3.63, 3.8) is 0 Å². The van der Waals surface area contributed by atoms with Crippen molar-refractivity contribution in [2.45, 2.75) is 39.3 Å². The Balaban J connectivity index is 1.58. The first-order valence-corrected chi connectivity index (χ1v) is 9.27. The van der Waals surface area contributed by atoms with Gasteiger partial charge in [-0.05, 0) is 24.0 Å². The highest BCUT2D eigenvalue weighted by Gasteiger charge is 2.32. The van der Waals surface area contributed by atoms with Gasteiger partial charge >= 0.3 is 0 Å². The molecule has 1 saturated heterocycles. The van der Waals surface area contributed by atoms with Crippen LogP contribution in [0, 0.1) is 5.41 Å². The smallest absolute Gasteiger partial charge is 0.164 e. The van der Waals surface area contributed by atoms with E-state index < -0.39 is 0 Å². The molecule has 0 spiro atoms. The Bertz CT molecular complexity index is 928. The van der Waals surface area contributed by atoms with Crippen LogP contribution in [0.15, 0.2) is 30.7 Å². The summed E-state index contributed by atoms with van der Waals surface area (Å²) < 4.78 is 1.78. The van der Waals surface area contributed by atoms with Gasteiger partial charge in [-0.1, -0.05) is 20.8 Å². The molecular weight excluding hydrogens is 340 g/mol. The summed E-state index contributed by atoms with van der Waals surface area (Å²) in [5, 5.41) is 8.78. The molecule has 8 heteroatoms. The maximum atomic E-state index is 4.76. The summed E-state index contributed by atoms with van der Waals surface area (Å²) in [6, 6.07) is 4.61. The Kier molecular flexibility index (Phi) is 4.53. The van der Waals surface area contributed by atoms with E-state index in [1.54, 1.807) is 17.1 Å². The lowest BCUT2D eigenvalue weighted by Crippen LogP contribution is -2.40. The van der Waals surface area contributed by atoms with Crippen molar-refractivity contribution < 1.29 is 0 Å². The second-order valence-electron chi connectivity index (χ2n) is 8.16. The SMILES string of the molecule is Cn1ncc2c(NCC3CC(C(C)(C)C)NN3)nc(-c3ccncc3)nc21. The van der Waals surface area contributed by atoms with E-state index in [2.05, 4.69) is 52.0 Å². The highest BCUT2D eigenvalue weighted by atomic mass is 15.4. The molecule has 0 aliphatic carbocycles. The third kappa shape index (κ3) is 3.63. The molecule has 0 saturated carbocycles. The fourth-order valence-electron chi connectivity index (χ4n) is 3.33. The third-order valence-electron chi connectivity index (χ3n) is 5.07. The van der Waals surface area contributed by atoms with Crippen LogP contribution < -0.4 is 16.2 Å². The molecule has 0 aromatic carbocycles. The quantitative estimate of drug-likeness (QED) is 0.651. The van der Waals surface area contributed by atoms with E-state index in [1.165, 1.54) is 0 Å². The number of aryl methyl sites for hydroxylation is 1. The van der Waals surface area contributed by atoms with Gasteiger partial charge in [0.2, 0.25) is 0 Å². The van der Waals surface area contributed by atoms with Crippen LogP contribution in [0.2, 0.25) is 0 Å². The van der Waals surface area contributed by atoms with Gasteiger partial charge in [-0.3, -0.25) is 20.5 Å². The molecule has 2 unspecified atom stereocenters. The molecule has 142 valence electrons. The molecule has 8 nitrogen and oxygen atoms in total. The first-order valence-electron chi connectivity index (χ1n) is 9.27. The van der Waals surface area contributed by atoms with Crippen LogP contribution in [0.25, 0.3) is 22.4 Å². The summed E-state index contributed by atoms with van der Waals surface area (Å²) >= 11 is 0. The minimum atomic E-state index is 0.224. The number of aromatic nitrogens is 5. The van der Waals surface area contributed by atoms with Gasteiger partial charge in [0, 0.05) is 43.6 Å². The van der Waals surface area contributed by atoms with Crippen LogP contribution in [-0.4, -0.2) is 43.4 Å². The topological polar surface area (TPSA) is 92.6 Å². The van der Waals surface area contributed by atoms with Gasteiger partial charge in [0.15, 0.2) is 11.5 Å². The van der Waals surface area contributed by atoms with Gasteiger partial charge in [0.1, 0.15) is 5.82 Å². The summed E-state index contributed by atoms with van der Waals surface area (Å²) in [6.45, 7) is 7.54. The number of rotatable bonds is 4. The van der Waals surface area contributed by atoms with Gasteiger partial charge in [0.25, 0.3) is 0 Å². The van der Waals surface area contributed by atoms with Gasteiger partial charge in [-0.25, -0.2) is 9.97 Å². The lowest BCUT2D eigenvalue weighted by Gasteiger charge is -2.26. The molecule has 2 atom stereocenters. The summed E-state index contributed by atoms with van der Waals surface area (Å²) in [5.74, 6) is 1.47. The number of pyridine rings is 1.